The number of aromatic hydroxyl groups is 1. The average molecular weight is 260 g/mol. The second-order valence-electron chi connectivity index (χ2n) is 3.70. The molecular formula is C13H12N2O4. The molecule has 6 heteroatoms. The minimum atomic E-state index is -0.668. The zero-order valence-electron chi connectivity index (χ0n) is 10.2. The van der Waals surface area contributed by atoms with Gasteiger partial charge in [0.2, 0.25) is 0 Å². The van der Waals surface area contributed by atoms with Gasteiger partial charge in [0.05, 0.1) is 12.2 Å². The van der Waals surface area contributed by atoms with Crippen LogP contribution in [0, 0.1) is 0 Å². The van der Waals surface area contributed by atoms with Crippen LogP contribution in [-0.2, 0) is 4.74 Å². The Balaban J connectivity index is 2.47. The molecule has 1 heterocycles. The number of aromatic nitrogens is 2. The molecule has 0 fully saturated rings. The normalized spacial score (nSPS) is 10.2. The van der Waals surface area contributed by atoms with Crippen molar-refractivity contribution in [3.63, 3.8) is 0 Å². The van der Waals surface area contributed by atoms with E-state index in [-0.39, 0.29) is 23.6 Å². The molecule has 0 bridgehead atoms. The van der Waals surface area contributed by atoms with Crippen LogP contribution >= 0.6 is 0 Å². The van der Waals surface area contributed by atoms with Crippen LogP contribution < -0.4 is 0 Å². The van der Waals surface area contributed by atoms with Gasteiger partial charge in [-0.1, -0.05) is 12.1 Å². The van der Waals surface area contributed by atoms with E-state index in [9.17, 15) is 14.7 Å². The van der Waals surface area contributed by atoms with Crippen LogP contribution in [0.2, 0.25) is 0 Å². The van der Waals surface area contributed by atoms with Crippen LogP contribution in [0.3, 0.4) is 0 Å². The zero-order valence-corrected chi connectivity index (χ0v) is 10.2. The van der Waals surface area contributed by atoms with E-state index < -0.39 is 5.97 Å². The van der Waals surface area contributed by atoms with Crippen molar-refractivity contribution < 1.29 is 19.4 Å². The van der Waals surface area contributed by atoms with E-state index in [0.717, 1.165) is 0 Å². The number of phenols is 1. The number of ether oxygens (including phenoxy) is 1. The van der Waals surface area contributed by atoms with Crippen molar-refractivity contribution in [3.8, 4) is 11.4 Å². The fourth-order valence-electron chi connectivity index (χ4n) is 1.61. The Morgan fingerprint density at radius 2 is 2.21 bits per heavy atom. The molecule has 1 aromatic heterocycles. The molecule has 1 N–H and O–H groups in total. The molecule has 98 valence electrons. The van der Waals surface area contributed by atoms with Crippen molar-refractivity contribution in [2.45, 2.75) is 6.92 Å². The number of hydrogen-bond donors (Lipinski definition) is 1. The van der Waals surface area contributed by atoms with Crippen molar-refractivity contribution in [1.82, 2.24) is 9.78 Å². The Hall–Kier alpha value is -2.63. The Morgan fingerprint density at radius 3 is 2.84 bits per heavy atom. The maximum Gasteiger partial charge on any atom is 0.359 e. The van der Waals surface area contributed by atoms with Crippen LogP contribution in [0.5, 0.6) is 5.75 Å². The van der Waals surface area contributed by atoms with Crippen LogP contribution in [0.4, 0.5) is 0 Å². The third-order valence-electron chi connectivity index (χ3n) is 2.47. The summed E-state index contributed by atoms with van der Waals surface area (Å²) in [4.78, 5) is 22.6. The van der Waals surface area contributed by atoms with E-state index in [1.807, 2.05) is 0 Å². The van der Waals surface area contributed by atoms with E-state index >= 15 is 0 Å². The third-order valence-corrected chi connectivity index (χ3v) is 2.47. The summed E-state index contributed by atoms with van der Waals surface area (Å²) in [6.45, 7) is 1.86. The van der Waals surface area contributed by atoms with Crippen LogP contribution in [0.15, 0.2) is 30.5 Å². The van der Waals surface area contributed by atoms with E-state index in [0.29, 0.717) is 12.0 Å². The molecule has 19 heavy (non-hydrogen) atoms. The number of esters is 1. The molecule has 0 aliphatic rings. The first-order chi connectivity index (χ1) is 9.17. The molecular weight excluding hydrogens is 248 g/mol. The number of carbonyl (C=O) groups excluding carboxylic acids is 2. The Bertz CT molecular complexity index is 619. The largest absolute Gasteiger partial charge is 0.506 e. The molecule has 1 aromatic carbocycles. The van der Waals surface area contributed by atoms with Gasteiger partial charge in [0.15, 0.2) is 12.0 Å². The molecule has 2 aromatic rings. The summed E-state index contributed by atoms with van der Waals surface area (Å²) in [6.07, 6.45) is 1.89. The molecule has 0 saturated carbocycles. The predicted octanol–water partition coefficient (Wildman–Crippen LogP) is 1.57. The smallest absolute Gasteiger partial charge is 0.359 e. The molecule has 0 saturated heterocycles. The monoisotopic (exact) mass is 260 g/mol. The lowest BCUT2D eigenvalue weighted by molar-refractivity contribution is 0.0517. The zero-order chi connectivity index (χ0) is 13.8. The van der Waals surface area contributed by atoms with Gasteiger partial charge in [-0.2, -0.15) is 5.10 Å². The highest BCUT2D eigenvalue weighted by Gasteiger charge is 2.18. The van der Waals surface area contributed by atoms with Gasteiger partial charge in [-0.25, -0.2) is 9.48 Å². The number of nitrogens with zero attached hydrogens (tertiary/aromatic N) is 2. The second kappa shape index (κ2) is 5.34. The lowest BCUT2D eigenvalue weighted by atomic mass is 10.2. The molecule has 0 unspecified atom stereocenters. The number of rotatable bonds is 4. The number of benzene rings is 1. The number of phenolic OH excluding ortho intramolecular Hbond substituents is 1. The third kappa shape index (κ3) is 2.47. The summed E-state index contributed by atoms with van der Waals surface area (Å²) < 4.78 is 6.08. The lowest BCUT2D eigenvalue weighted by Crippen LogP contribution is -2.08. The highest BCUT2D eigenvalue weighted by atomic mass is 16.5. The Labute approximate surface area is 109 Å². The van der Waals surface area contributed by atoms with Crippen LogP contribution in [-0.4, -0.2) is 33.7 Å². The minimum absolute atomic E-state index is 0.00198. The van der Waals surface area contributed by atoms with Crippen molar-refractivity contribution in [2.24, 2.45) is 0 Å². The maximum atomic E-state index is 11.6. The summed E-state index contributed by atoms with van der Waals surface area (Å²) in [5.74, 6) is -0.670. The van der Waals surface area contributed by atoms with Gasteiger partial charge in [0.1, 0.15) is 11.4 Å². The number of hydrogen-bond acceptors (Lipinski definition) is 5. The van der Waals surface area contributed by atoms with E-state index in [1.165, 1.54) is 16.9 Å². The van der Waals surface area contributed by atoms with E-state index in [1.54, 1.807) is 25.1 Å². The van der Waals surface area contributed by atoms with Gasteiger partial charge in [-0.05, 0) is 19.1 Å². The van der Waals surface area contributed by atoms with Crippen molar-refractivity contribution in [2.75, 3.05) is 6.61 Å². The van der Waals surface area contributed by atoms with Gasteiger partial charge in [-0.15, -0.1) is 0 Å². The first-order valence-electron chi connectivity index (χ1n) is 5.67. The molecule has 0 atom stereocenters. The fourth-order valence-corrected chi connectivity index (χ4v) is 1.61. The maximum absolute atomic E-state index is 11.6. The highest BCUT2D eigenvalue weighted by Crippen LogP contribution is 2.21. The average Bonchev–Trinajstić information content (AvgIpc) is 2.83. The Morgan fingerprint density at radius 1 is 1.47 bits per heavy atom. The number of aldehydes is 1. The van der Waals surface area contributed by atoms with Crippen molar-refractivity contribution in [1.29, 1.82) is 0 Å². The summed E-state index contributed by atoms with van der Waals surface area (Å²) in [5, 5.41) is 13.7. The lowest BCUT2D eigenvalue weighted by Gasteiger charge is -2.03. The van der Waals surface area contributed by atoms with E-state index in [4.69, 9.17) is 4.74 Å². The summed E-state index contributed by atoms with van der Waals surface area (Å²) in [5.41, 5.74) is 0.419. The summed E-state index contributed by atoms with van der Waals surface area (Å²) >= 11 is 0. The SMILES string of the molecule is CCOC(=O)c1nn(-c2ccccc2O)cc1C=O. The summed E-state index contributed by atoms with van der Waals surface area (Å²) in [6, 6.07) is 6.48. The van der Waals surface area contributed by atoms with Gasteiger partial charge >= 0.3 is 5.97 Å². The minimum Gasteiger partial charge on any atom is -0.506 e. The molecule has 0 aliphatic heterocycles. The van der Waals surface area contributed by atoms with Gasteiger partial charge in [0, 0.05) is 6.20 Å². The van der Waals surface area contributed by atoms with Crippen molar-refractivity contribution in [3.05, 3.63) is 41.7 Å². The van der Waals surface area contributed by atoms with Gasteiger partial charge in [0.25, 0.3) is 0 Å². The molecule has 6 nitrogen and oxygen atoms in total. The summed E-state index contributed by atoms with van der Waals surface area (Å²) in [7, 11) is 0. The van der Waals surface area contributed by atoms with Crippen LogP contribution in [0.25, 0.3) is 5.69 Å². The molecule has 0 spiro atoms. The highest BCUT2D eigenvalue weighted by molar-refractivity contribution is 5.96. The molecule has 0 aliphatic carbocycles. The molecule has 2 rings (SSSR count). The fraction of sp³-hybridized carbons (Fsp3) is 0.154. The first kappa shape index (κ1) is 12.8. The number of carbonyl (C=O) groups is 2. The van der Waals surface area contributed by atoms with E-state index in [2.05, 4.69) is 5.10 Å². The Kier molecular flexibility index (Phi) is 3.61. The number of para-hydroxylation sites is 2. The predicted molar refractivity (Wildman–Crippen MR) is 66.6 cm³/mol. The van der Waals surface area contributed by atoms with Gasteiger partial charge in [-0.3, -0.25) is 4.79 Å². The topological polar surface area (TPSA) is 81.4 Å². The first-order valence-corrected chi connectivity index (χ1v) is 5.67. The standard InChI is InChI=1S/C13H12N2O4/c1-2-19-13(18)12-9(8-16)7-15(14-12)10-5-3-4-6-11(10)17/h3-8,17H,2H2,1H3. The quantitative estimate of drug-likeness (QED) is 0.666. The second-order valence-corrected chi connectivity index (χ2v) is 3.70. The molecule has 0 amide bonds. The van der Waals surface area contributed by atoms with Crippen molar-refractivity contribution >= 4 is 12.3 Å². The van der Waals surface area contributed by atoms with Crippen LogP contribution in [0.1, 0.15) is 27.8 Å². The van der Waals surface area contributed by atoms with Gasteiger partial charge < -0.3 is 9.84 Å². The molecule has 0 radical (unpaired) electrons.